The maximum Gasteiger partial charge on any atom is 0.252 e. The molecule has 2 rings (SSSR count). The summed E-state index contributed by atoms with van der Waals surface area (Å²) in [4.78, 5) is 15.8. The summed E-state index contributed by atoms with van der Waals surface area (Å²) >= 11 is 0. The predicted molar refractivity (Wildman–Crippen MR) is 75.9 cm³/mol. The van der Waals surface area contributed by atoms with Crippen molar-refractivity contribution >= 4 is 5.91 Å². The second-order valence-corrected chi connectivity index (χ2v) is 4.75. The number of pyridine rings is 1. The fraction of sp³-hybridized carbons (Fsp3) is 0.250. The molecule has 0 saturated heterocycles. The van der Waals surface area contributed by atoms with Gasteiger partial charge in [-0.15, -0.1) is 0 Å². The maximum atomic E-state index is 11.9. The highest BCUT2D eigenvalue weighted by atomic mass is 16.1. The Hall–Kier alpha value is -2.16. The molecule has 3 nitrogen and oxygen atoms in total. The van der Waals surface area contributed by atoms with E-state index < -0.39 is 0 Å². The summed E-state index contributed by atoms with van der Waals surface area (Å²) in [6, 6.07) is 13.8. The van der Waals surface area contributed by atoms with Crippen LogP contribution in [0.1, 0.15) is 22.8 Å². The molecule has 19 heavy (non-hydrogen) atoms. The van der Waals surface area contributed by atoms with Crippen LogP contribution in [0.4, 0.5) is 0 Å². The van der Waals surface area contributed by atoms with E-state index in [1.165, 1.54) is 5.56 Å². The Morgan fingerprint density at radius 3 is 2.68 bits per heavy atom. The van der Waals surface area contributed by atoms with Gasteiger partial charge in [-0.2, -0.15) is 0 Å². The lowest BCUT2D eigenvalue weighted by Crippen LogP contribution is -2.29. The van der Waals surface area contributed by atoms with Crippen LogP contribution in [0, 0.1) is 5.92 Å². The first-order valence-corrected chi connectivity index (χ1v) is 6.48. The highest BCUT2D eigenvalue weighted by Gasteiger charge is 2.08. The van der Waals surface area contributed by atoms with E-state index in [1.807, 2.05) is 18.2 Å². The Morgan fingerprint density at radius 1 is 1.21 bits per heavy atom. The number of rotatable bonds is 5. The largest absolute Gasteiger partial charge is 0.352 e. The van der Waals surface area contributed by atoms with E-state index in [2.05, 4.69) is 29.4 Å². The van der Waals surface area contributed by atoms with E-state index in [4.69, 9.17) is 0 Å². The molecule has 0 aliphatic carbocycles. The van der Waals surface area contributed by atoms with Gasteiger partial charge in [-0.1, -0.05) is 37.3 Å². The molecule has 0 aliphatic heterocycles. The van der Waals surface area contributed by atoms with E-state index in [1.54, 1.807) is 24.5 Å². The first-order valence-electron chi connectivity index (χ1n) is 6.48. The molecule has 2 aromatic rings. The van der Waals surface area contributed by atoms with Crippen LogP contribution in [0.3, 0.4) is 0 Å². The van der Waals surface area contributed by atoms with Crippen molar-refractivity contribution in [1.82, 2.24) is 10.3 Å². The fourth-order valence-corrected chi connectivity index (χ4v) is 1.95. The highest BCUT2D eigenvalue weighted by molar-refractivity contribution is 5.93. The van der Waals surface area contributed by atoms with E-state index in [-0.39, 0.29) is 5.91 Å². The van der Waals surface area contributed by atoms with Crippen molar-refractivity contribution in [1.29, 1.82) is 0 Å². The van der Waals surface area contributed by atoms with E-state index >= 15 is 0 Å². The van der Waals surface area contributed by atoms with Gasteiger partial charge in [-0.25, -0.2) is 0 Å². The topological polar surface area (TPSA) is 42.0 Å². The molecule has 1 amide bonds. The summed E-state index contributed by atoms with van der Waals surface area (Å²) in [6.07, 6.45) is 4.21. The normalized spacial score (nSPS) is 11.8. The van der Waals surface area contributed by atoms with E-state index in [0.29, 0.717) is 18.0 Å². The maximum absolute atomic E-state index is 11.9. The number of carbonyl (C=O) groups excluding carboxylic acids is 1. The quantitative estimate of drug-likeness (QED) is 0.891. The van der Waals surface area contributed by atoms with Crippen molar-refractivity contribution in [2.45, 2.75) is 13.3 Å². The van der Waals surface area contributed by atoms with Crippen molar-refractivity contribution < 1.29 is 4.79 Å². The Kier molecular flexibility index (Phi) is 4.67. The van der Waals surface area contributed by atoms with Crippen molar-refractivity contribution in [2.24, 2.45) is 5.92 Å². The van der Waals surface area contributed by atoms with Crippen molar-refractivity contribution in [3.8, 4) is 0 Å². The predicted octanol–water partition coefficient (Wildman–Crippen LogP) is 2.69. The molecule has 3 heteroatoms. The average molecular weight is 254 g/mol. The standard InChI is InChI=1S/C16H18N2O/c1-13(10-14-6-3-2-4-7-14)11-18-16(19)15-8-5-9-17-12-15/h2-9,12-13H,10-11H2,1H3,(H,18,19)/t13-/m0/s1. The lowest BCUT2D eigenvalue weighted by Gasteiger charge is -2.12. The van der Waals surface area contributed by atoms with E-state index in [0.717, 1.165) is 6.42 Å². The molecule has 0 unspecified atom stereocenters. The van der Waals surface area contributed by atoms with Gasteiger partial charge in [0.15, 0.2) is 0 Å². The van der Waals surface area contributed by atoms with Crippen LogP contribution in [-0.2, 0) is 6.42 Å². The van der Waals surface area contributed by atoms with Crippen LogP contribution in [-0.4, -0.2) is 17.4 Å². The molecular formula is C16H18N2O. The van der Waals surface area contributed by atoms with Crippen molar-refractivity contribution in [2.75, 3.05) is 6.54 Å². The van der Waals surface area contributed by atoms with Gasteiger partial charge in [-0.05, 0) is 30.0 Å². The summed E-state index contributed by atoms with van der Waals surface area (Å²) in [7, 11) is 0. The van der Waals surface area contributed by atoms with Crippen molar-refractivity contribution in [3.05, 3.63) is 66.0 Å². The minimum absolute atomic E-state index is 0.0620. The molecule has 98 valence electrons. The zero-order valence-corrected chi connectivity index (χ0v) is 11.0. The van der Waals surface area contributed by atoms with Crippen LogP contribution in [0.2, 0.25) is 0 Å². The highest BCUT2D eigenvalue weighted by Crippen LogP contribution is 2.07. The lowest BCUT2D eigenvalue weighted by atomic mass is 10.0. The molecule has 1 atom stereocenters. The Morgan fingerprint density at radius 2 is 2.00 bits per heavy atom. The van der Waals surface area contributed by atoms with Crippen LogP contribution >= 0.6 is 0 Å². The third-order valence-electron chi connectivity index (χ3n) is 2.96. The number of amides is 1. The summed E-state index contributed by atoms with van der Waals surface area (Å²) in [5.41, 5.74) is 1.90. The van der Waals surface area contributed by atoms with Crippen molar-refractivity contribution in [3.63, 3.8) is 0 Å². The third kappa shape index (κ3) is 4.21. The van der Waals surface area contributed by atoms with Crippen LogP contribution < -0.4 is 5.32 Å². The number of hydrogen-bond acceptors (Lipinski definition) is 2. The summed E-state index contributed by atoms with van der Waals surface area (Å²) < 4.78 is 0. The molecule has 0 bridgehead atoms. The zero-order chi connectivity index (χ0) is 13.5. The first kappa shape index (κ1) is 13.3. The molecule has 1 N–H and O–H groups in total. The minimum Gasteiger partial charge on any atom is -0.352 e. The van der Waals surface area contributed by atoms with Gasteiger partial charge in [0.05, 0.1) is 5.56 Å². The van der Waals surface area contributed by atoms with Gasteiger partial charge >= 0.3 is 0 Å². The van der Waals surface area contributed by atoms with Crippen LogP contribution in [0.15, 0.2) is 54.9 Å². The number of aromatic nitrogens is 1. The molecule has 0 saturated carbocycles. The Bertz CT molecular complexity index is 511. The van der Waals surface area contributed by atoms with Crippen LogP contribution in [0.25, 0.3) is 0 Å². The molecule has 0 spiro atoms. The number of nitrogens with zero attached hydrogens (tertiary/aromatic N) is 1. The number of hydrogen-bond donors (Lipinski definition) is 1. The monoisotopic (exact) mass is 254 g/mol. The molecular weight excluding hydrogens is 236 g/mol. The smallest absolute Gasteiger partial charge is 0.252 e. The summed E-state index contributed by atoms with van der Waals surface area (Å²) in [5.74, 6) is 0.344. The molecule has 0 fully saturated rings. The van der Waals surface area contributed by atoms with Gasteiger partial charge in [0.25, 0.3) is 5.91 Å². The number of nitrogens with one attached hydrogen (secondary N) is 1. The second-order valence-electron chi connectivity index (χ2n) is 4.75. The average Bonchev–Trinajstić information content (AvgIpc) is 2.47. The lowest BCUT2D eigenvalue weighted by molar-refractivity contribution is 0.0947. The van der Waals surface area contributed by atoms with E-state index in [9.17, 15) is 4.79 Å². The number of carbonyl (C=O) groups is 1. The molecule has 1 heterocycles. The molecule has 1 aromatic heterocycles. The summed E-state index contributed by atoms with van der Waals surface area (Å²) in [5, 5.41) is 2.94. The zero-order valence-electron chi connectivity index (χ0n) is 11.0. The molecule has 1 aromatic carbocycles. The Balaban J connectivity index is 1.81. The first-order chi connectivity index (χ1) is 9.25. The summed E-state index contributed by atoms with van der Waals surface area (Å²) in [6.45, 7) is 2.80. The van der Waals surface area contributed by atoms with Gasteiger partial charge in [0.2, 0.25) is 0 Å². The van der Waals surface area contributed by atoms with Gasteiger partial charge in [0, 0.05) is 18.9 Å². The molecule has 0 aliphatic rings. The number of benzene rings is 1. The van der Waals surface area contributed by atoms with Gasteiger partial charge in [-0.3, -0.25) is 9.78 Å². The van der Waals surface area contributed by atoms with Gasteiger partial charge < -0.3 is 5.32 Å². The second kappa shape index (κ2) is 6.69. The minimum atomic E-state index is -0.0620. The van der Waals surface area contributed by atoms with Gasteiger partial charge in [0.1, 0.15) is 0 Å². The third-order valence-corrected chi connectivity index (χ3v) is 2.96. The SMILES string of the molecule is C[C@H](CNC(=O)c1cccnc1)Cc1ccccc1. The molecule has 0 radical (unpaired) electrons. The van der Waals surface area contributed by atoms with Crippen LogP contribution in [0.5, 0.6) is 0 Å². The Labute approximate surface area is 113 Å². The fourth-order valence-electron chi connectivity index (χ4n) is 1.95.